The summed E-state index contributed by atoms with van der Waals surface area (Å²) in [6.45, 7) is 4.86. The number of hydrogen-bond donors (Lipinski definition) is 1. The summed E-state index contributed by atoms with van der Waals surface area (Å²) in [6.07, 6.45) is 2.62. The van der Waals surface area contributed by atoms with Crippen LogP contribution in [0.4, 0.5) is 4.79 Å². The number of nitrogens with one attached hydrogen (secondary N) is 1. The minimum atomic E-state index is -0.331. The molecule has 2 amide bonds. The van der Waals surface area contributed by atoms with E-state index in [1.807, 2.05) is 0 Å². The maximum atomic E-state index is 12.3. The van der Waals surface area contributed by atoms with Crippen molar-refractivity contribution in [1.82, 2.24) is 10.2 Å². The van der Waals surface area contributed by atoms with E-state index in [0.29, 0.717) is 37.2 Å². The van der Waals surface area contributed by atoms with Gasteiger partial charge in [0.2, 0.25) is 0 Å². The topological polar surface area (TPSA) is 67.9 Å². The Morgan fingerprint density at radius 1 is 1.39 bits per heavy atom. The van der Waals surface area contributed by atoms with Gasteiger partial charge < -0.3 is 19.7 Å². The summed E-state index contributed by atoms with van der Waals surface area (Å²) in [5.41, 5.74) is 0.567. The summed E-state index contributed by atoms with van der Waals surface area (Å²) in [6, 6.07) is 7.09. The molecule has 1 aromatic carbocycles. The molecule has 1 aromatic rings. The molecule has 2 rings (SSSR count). The number of likely N-dealkylation sites (tertiary alicyclic amines) is 1. The molecule has 0 unspecified atom stereocenters. The number of rotatable bonds is 5. The molecule has 6 nitrogen and oxygen atoms in total. The highest BCUT2D eigenvalue weighted by atomic mass is 16.6. The molecular formula is C17H22N2O4. The molecule has 0 aromatic heterocycles. The molecule has 0 saturated carbocycles. The van der Waals surface area contributed by atoms with E-state index in [-0.39, 0.29) is 24.6 Å². The number of hydrogen-bond acceptors (Lipinski definition) is 4. The molecule has 1 aliphatic heterocycles. The van der Waals surface area contributed by atoms with E-state index >= 15 is 0 Å². The van der Waals surface area contributed by atoms with Gasteiger partial charge in [-0.3, -0.25) is 4.79 Å². The van der Waals surface area contributed by atoms with Crippen LogP contribution in [0.25, 0.3) is 0 Å². The monoisotopic (exact) mass is 318 g/mol. The standard InChI is InChI=1S/C17H22N2O4/c1-3-11-23-17(21)19-9-7-14(8-10-19)18-16(20)13-5-4-6-15(12-13)22-2/h3-6,12,14H,1,7-11H2,2H3,(H,18,20). The molecule has 124 valence electrons. The first-order valence-corrected chi connectivity index (χ1v) is 7.61. The molecule has 1 saturated heterocycles. The fourth-order valence-electron chi connectivity index (χ4n) is 2.46. The van der Waals surface area contributed by atoms with Crippen molar-refractivity contribution in [2.45, 2.75) is 18.9 Å². The van der Waals surface area contributed by atoms with Crippen LogP contribution in [0.3, 0.4) is 0 Å². The van der Waals surface area contributed by atoms with Gasteiger partial charge in [-0.1, -0.05) is 18.7 Å². The molecule has 1 fully saturated rings. The van der Waals surface area contributed by atoms with Crippen molar-refractivity contribution in [2.75, 3.05) is 26.8 Å². The van der Waals surface area contributed by atoms with Gasteiger partial charge in [-0.15, -0.1) is 0 Å². The van der Waals surface area contributed by atoms with E-state index in [9.17, 15) is 9.59 Å². The fraction of sp³-hybridized carbons (Fsp3) is 0.412. The van der Waals surface area contributed by atoms with Crippen molar-refractivity contribution in [2.24, 2.45) is 0 Å². The Hall–Kier alpha value is -2.50. The van der Waals surface area contributed by atoms with Gasteiger partial charge in [0.05, 0.1) is 7.11 Å². The molecule has 1 aliphatic rings. The second-order valence-electron chi connectivity index (χ2n) is 5.33. The van der Waals surface area contributed by atoms with Crippen LogP contribution in [0, 0.1) is 0 Å². The van der Waals surface area contributed by atoms with Crippen LogP contribution in [0.15, 0.2) is 36.9 Å². The maximum Gasteiger partial charge on any atom is 0.410 e. The highest BCUT2D eigenvalue weighted by Crippen LogP contribution is 2.15. The first-order valence-electron chi connectivity index (χ1n) is 7.61. The van der Waals surface area contributed by atoms with Gasteiger partial charge in [-0.2, -0.15) is 0 Å². The van der Waals surface area contributed by atoms with Crippen LogP contribution in [0.2, 0.25) is 0 Å². The number of carbonyl (C=O) groups excluding carboxylic acids is 2. The average Bonchev–Trinajstić information content (AvgIpc) is 2.60. The van der Waals surface area contributed by atoms with E-state index in [4.69, 9.17) is 9.47 Å². The Bertz CT molecular complexity index is 565. The summed E-state index contributed by atoms with van der Waals surface area (Å²) in [7, 11) is 1.57. The zero-order chi connectivity index (χ0) is 16.7. The molecule has 0 aliphatic carbocycles. The van der Waals surface area contributed by atoms with Crippen LogP contribution in [-0.2, 0) is 4.74 Å². The number of ether oxygens (including phenoxy) is 2. The highest BCUT2D eigenvalue weighted by Gasteiger charge is 2.24. The van der Waals surface area contributed by atoms with Crippen molar-refractivity contribution < 1.29 is 19.1 Å². The van der Waals surface area contributed by atoms with Crippen LogP contribution in [0.5, 0.6) is 5.75 Å². The lowest BCUT2D eigenvalue weighted by Crippen LogP contribution is -2.46. The van der Waals surface area contributed by atoms with Crippen LogP contribution in [0.1, 0.15) is 23.2 Å². The van der Waals surface area contributed by atoms with E-state index in [2.05, 4.69) is 11.9 Å². The van der Waals surface area contributed by atoms with Gasteiger partial charge in [0, 0.05) is 24.7 Å². The minimum absolute atomic E-state index is 0.0529. The predicted octanol–water partition coefficient (Wildman–Crippen LogP) is 2.21. The third-order valence-corrected chi connectivity index (χ3v) is 3.74. The van der Waals surface area contributed by atoms with Crippen LogP contribution in [-0.4, -0.2) is 49.7 Å². The second-order valence-corrected chi connectivity index (χ2v) is 5.33. The van der Waals surface area contributed by atoms with Crippen molar-refractivity contribution in [3.8, 4) is 5.75 Å². The van der Waals surface area contributed by atoms with E-state index < -0.39 is 0 Å². The lowest BCUT2D eigenvalue weighted by molar-refractivity contribution is 0.0873. The summed E-state index contributed by atoms with van der Waals surface area (Å²) in [5.74, 6) is 0.522. The second kappa shape index (κ2) is 8.22. The number of nitrogens with zero attached hydrogens (tertiary/aromatic N) is 1. The smallest absolute Gasteiger partial charge is 0.410 e. The van der Waals surface area contributed by atoms with E-state index in [1.54, 1.807) is 42.4 Å². The summed E-state index contributed by atoms with van der Waals surface area (Å²) in [4.78, 5) is 25.6. The number of carbonyl (C=O) groups is 2. The van der Waals surface area contributed by atoms with Gasteiger partial charge in [-0.25, -0.2) is 4.79 Å². The molecule has 23 heavy (non-hydrogen) atoms. The minimum Gasteiger partial charge on any atom is -0.497 e. The van der Waals surface area contributed by atoms with Crippen molar-refractivity contribution in [3.63, 3.8) is 0 Å². The fourth-order valence-corrected chi connectivity index (χ4v) is 2.46. The van der Waals surface area contributed by atoms with Gasteiger partial charge in [0.15, 0.2) is 0 Å². The first-order chi connectivity index (χ1) is 11.1. The molecule has 0 atom stereocenters. The molecule has 1 heterocycles. The SMILES string of the molecule is C=CCOC(=O)N1CCC(NC(=O)c2cccc(OC)c2)CC1. The predicted molar refractivity (Wildman–Crippen MR) is 86.6 cm³/mol. The molecule has 6 heteroatoms. The van der Waals surface area contributed by atoms with Crippen molar-refractivity contribution in [3.05, 3.63) is 42.5 Å². The van der Waals surface area contributed by atoms with Gasteiger partial charge in [0.1, 0.15) is 12.4 Å². The Morgan fingerprint density at radius 3 is 2.78 bits per heavy atom. The molecular weight excluding hydrogens is 296 g/mol. The number of piperidine rings is 1. The van der Waals surface area contributed by atoms with E-state index in [0.717, 1.165) is 0 Å². The molecule has 0 bridgehead atoms. The third-order valence-electron chi connectivity index (χ3n) is 3.74. The Morgan fingerprint density at radius 2 is 2.13 bits per heavy atom. The normalized spacial score (nSPS) is 14.9. The summed E-state index contributed by atoms with van der Waals surface area (Å²) < 4.78 is 10.1. The summed E-state index contributed by atoms with van der Waals surface area (Å²) >= 11 is 0. The number of methoxy groups -OCH3 is 1. The van der Waals surface area contributed by atoms with Crippen LogP contribution >= 0.6 is 0 Å². The third kappa shape index (κ3) is 4.74. The van der Waals surface area contributed by atoms with Crippen molar-refractivity contribution in [1.29, 1.82) is 0 Å². The Balaban J connectivity index is 1.82. The summed E-state index contributed by atoms with van der Waals surface area (Å²) in [5, 5.41) is 3.00. The van der Waals surface area contributed by atoms with Gasteiger partial charge in [0.25, 0.3) is 5.91 Å². The quantitative estimate of drug-likeness (QED) is 0.845. The zero-order valence-electron chi connectivity index (χ0n) is 13.3. The number of benzene rings is 1. The zero-order valence-corrected chi connectivity index (χ0v) is 13.3. The first kappa shape index (κ1) is 16.9. The van der Waals surface area contributed by atoms with Crippen LogP contribution < -0.4 is 10.1 Å². The lowest BCUT2D eigenvalue weighted by atomic mass is 10.0. The Kier molecular flexibility index (Phi) is 6.02. The van der Waals surface area contributed by atoms with E-state index in [1.165, 1.54) is 0 Å². The highest BCUT2D eigenvalue weighted by molar-refractivity contribution is 5.94. The molecule has 1 N–H and O–H groups in total. The number of amides is 2. The van der Waals surface area contributed by atoms with Gasteiger partial charge in [-0.05, 0) is 31.0 Å². The molecule has 0 radical (unpaired) electrons. The molecule has 0 spiro atoms. The van der Waals surface area contributed by atoms with Gasteiger partial charge >= 0.3 is 6.09 Å². The largest absolute Gasteiger partial charge is 0.497 e. The average molecular weight is 318 g/mol. The lowest BCUT2D eigenvalue weighted by Gasteiger charge is -2.31. The van der Waals surface area contributed by atoms with Crippen molar-refractivity contribution >= 4 is 12.0 Å². The Labute approximate surface area is 136 Å². The maximum absolute atomic E-state index is 12.3.